The third-order valence-electron chi connectivity index (χ3n) is 3.07. The second-order valence-corrected chi connectivity index (χ2v) is 7.45. The average Bonchev–Trinajstić information content (AvgIpc) is 2.40. The van der Waals surface area contributed by atoms with E-state index in [0.29, 0.717) is 5.56 Å². The summed E-state index contributed by atoms with van der Waals surface area (Å²) in [6.07, 6.45) is 0. The second-order valence-electron chi connectivity index (χ2n) is 4.92. The Morgan fingerprint density at radius 2 is 1.67 bits per heavy atom. The maximum Gasteiger partial charge on any atom is 0.213 e. The van der Waals surface area contributed by atoms with E-state index >= 15 is 0 Å². The van der Waals surface area contributed by atoms with Crippen molar-refractivity contribution in [3.63, 3.8) is 0 Å². The van der Waals surface area contributed by atoms with Crippen molar-refractivity contribution in [1.29, 1.82) is 0 Å². The SMILES string of the molecule is CC(Nc1ccc(CS(N)(=O)=O)cc1)c1ccc(Br)cc1. The summed E-state index contributed by atoms with van der Waals surface area (Å²) in [6, 6.07) is 15.5. The summed E-state index contributed by atoms with van der Waals surface area (Å²) < 4.78 is 23.1. The lowest BCUT2D eigenvalue weighted by Crippen LogP contribution is -2.14. The monoisotopic (exact) mass is 368 g/mol. The molecule has 0 heterocycles. The van der Waals surface area contributed by atoms with Gasteiger partial charge >= 0.3 is 0 Å². The molecule has 3 N–H and O–H groups in total. The van der Waals surface area contributed by atoms with Gasteiger partial charge in [-0.1, -0.05) is 40.2 Å². The molecule has 21 heavy (non-hydrogen) atoms. The number of primary sulfonamides is 1. The second kappa shape index (κ2) is 6.60. The van der Waals surface area contributed by atoms with E-state index in [2.05, 4.69) is 40.3 Å². The number of sulfonamides is 1. The van der Waals surface area contributed by atoms with Crippen LogP contribution in [0.3, 0.4) is 0 Å². The molecule has 0 radical (unpaired) electrons. The number of benzene rings is 2. The van der Waals surface area contributed by atoms with Crippen LogP contribution in [0.25, 0.3) is 0 Å². The summed E-state index contributed by atoms with van der Waals surface area (Å²) in [5.41, 5.74) is 2.79. The molecule has 2 aromatic rings. The van der Waals surface area contributed by atoms with Gasteiger partial charge in [0.2, 0.25) is 10.0 Å². The maximum absolute atomic E-state index is 11.0. The normalized spacial score (nSPS) is 12.9. The minimum Gasteiger partial charge on any atom is -0.379 e. The van der Waals surface area contributed by atoms with Gasteiger partial charge in [0.15, 0.2) is 0 Å². The molecule has 0 aliphatic carbocycles. The van der Waals surface area contributed by atoms with Crippen LogP contribution in [0.2, 0.25) is 0 Å². The topological polar surface area (TPSA) is 72.2 Å². The lowest BCUT2D eigenvalue weighted by molar-refractivity contribution is 0.597. The zero-order valence-electron chi connectivity index (χ0n) is 11.6. The summed E-state index contributed by atoms with van der Waals surface area (Å²) in [7, 11) is -3.49. The largest absolute Gasteiger partial charge is 0.379 e. The molecule has 6 heteroatoms. The Balaban J connectivity index is 2.04. The molecule has 112 valence electrons. The van der Waals surface area contributed by atoms with Crippen molar-refractivity contribution in [2.45, 2.75) is 18.7 Å². The van der Waals surface area contributed by atoms with Gasteiger partial charge in [-0.3, -0.25) is 0 Å². The molecule has 2 rings (SSSR count). The Morgan fingerprint density at radius 3 is 2.19 bits per heavy atom. The number of nitrogens with two attached hydrogens (primary N) is 1. The molecule has 2 aromatic carbocycles. The van der Waals surface area contributed by atoms with Crippen molar-refractivity contribution in [2.75, 3.05) is 5.32 Å². The molecule has 0 amide bonds. The Morgan fingerprint density at radius 1 is 1.10 bits per heavy atom. The Bertz CT molecular complexity index is 697. The third-order valence-corrected chi connectivity index (χ3v) is 4.34. The molecule has 0 aliphatic heterocycles. The summed E-state index contributed by atoms with van der Waals surface area (Å²) in [5.74, 6) is -0.143. The molecule has 1 unspecified atom stereocenters. The Hall–Kier alpha value is -1.37. The number of rotatable bonds is 5. The lowest BCUT2D eigenvalue weighted by Gasteiger charge is -2.16. The van der Waals surface area contributed by atoms with Crippen molar-refractivity contribution < 1.29 is 8.42 Å². The molecule has 0 aromatic heterocycles. The van der Waals surface area contributed by atoms with Crippen molar-refractivity contribution in [2.24, 2.45) is 5.14 Å². The number of halogens is 1. The first-order chi connectivity index (χ1) is 9.83. The summed E-state index contributed by atoms with van der Waals surface area (Å²) in [6.45, 7) is 2.07. The van der Waals surface area contributed by atoms with Crippen molar-refractivity contribution >= 4 is 31.6 Å². The first-order valence-corrected chi connectivity index (χ1v) is 8.96. The number of hydrogen-bond donors (Lipinski definition) is 2. The van der Waals surface area contributed by atoms with Crippen LogP contribution in [0.4, 0.5) is 5.69 Å². The van der Waals surface area contributed by atoms with Gasteiger partial charge in [0, 0.05) is 16.2 Å². The fourth-order valence-corrected chi connectivity index (χ4v) is 2.94. The van der Waals surface area contributed by atoms with Crippen molar-refractivity contribution in [3.8, 4) is 0 Å². The molecule has 0 aliphatic rings. The highest BCUT2D eigenvalue weighted by Crippen LogP contribution is 2.21. The van der Waals surface area contributed by atoms with Crippen LogP contribution in [0.15, 0.2) is 53.0 Å². The minimum absolute atomic E-state index is 0.143. The first-order valence-electron chi connectivity index (χ1n) is 6.45. The van der Waals surface area contributed by atoms with Crippen molar-refractivity contribution in [1.82, 2.24) is 0 Å². The molecule has 1 atom stereocenters. The van der Waals surface area contributed by atoms with Crippen LogP contribution in [0.5, 0.6) is 0 Å². The van der Waals surface area contributed by atoms with Crippen LogP contribution in [-0.4, -0.2) is 8.42 Å². The maximum atomic E-state index is 11.0. The minimum atomic E-state index is -3.49. The zero-order valence-corrected chi connectivity index (χ0v) is 14.0. The standard InChI is InChI=1S/C15H17BrN2O2S/c1-11(13-4-6-14(16)7-5-13)18-15-8-2-12(3-9-15)10-21(17,19)20/h2-9,11,18H,10H2,1H3,(H2,17,19,20). The van der Waals surface area contributed by atoms with E-state index in [0.717, 1.165) is 10.2 Å². The molecular formula is C15H17BrN2O2S. The van der Waals surface area contributed by atoms with E-state index < -0.39 is 10.0 Å². The highest BCUT2D eigenvalue weighted by atomic mass is 79.9. The highest BCUT2D eigenvalue weighted by Gasteiger charge is 2.07. The van der Waals surface area contributed by atoms with E-state index in [1.54, 1.807) is 12.1 Å². The van der Waals surface area contributed by atoms with Crippen LogP contribution in [0, 0.1) is 0 Å². The smallest absolute Gasteiger partial charge is 0.213 e. The lowest BCUT2D eigenvalue weighted by atomic mass is 10.1. The molecule has 0 fully saturated rings. The van der Waals surface area contributed by atoms with E-state index in [-0.39, 0.29) is 11.8 Å². The van der Waals surface area contributed by atoms with E-state index in [1.165, 1.54) is 5.56 Å². The third kappa shape index (κ3) is 5.15. The van der Waals surface area contributed by atoms with Gasteiger partial charge in [0.1, 0.15) is 0 Å². The fourth-order valence-electron chi connectivity index (χ4n) is 2.01. The molecule has 0 spiro atoms. The van der Waals surface area contributed by atoms with Crippen molar-refractivity contribution in [3.05, 3.63) is 64.1 Å². The molecule has 0 saturated heterocycles. The van der Waals surface area contributed by atoms with E-state index in [9.17, 15) is 8.42 Å². The number of nitrogens with one attached hydrogen (secondary N) is 1. The number of anilines is 1. The molecule has 0 saturated carbocycles. The summed E-state index contributed by atoms with van der Waals surface area (Å²) in [5, 5.41) is 8.40. The average molecular weight is 369 g/mol. The van der Waals surface area contributed by atoms with Crippen LogP contribution >= 0.6 is 15.9 Å². The van der Waals surface area contributed by atoms with Crippen LogP contribution in [-0.2, 0) is 15.8 Å². The summed E-state index contributed by atoms with van der Waals surface area (Å²) in [4.78, 5) is 0. The zero-order chi connectivity index (χ0) is 15.5. The van der Waals surface area contributed by atoms with Gasteiger partial charge in [-0.05, 0) is 42.3 Å². The molecule has 4 nitrogen and oxygen atoms in total. The predicted molar refractivity (Wildman–Crippen MR) is 89.4 cm³/mol. The summed E-state index contributed by atoms with van der Waals surface area (Å²) >= 11 is 3.41. The van der Waals surface area contributed by atoms with Gasteiger partial charge in [-0.2, -0.15) is 0 Å². The fraction of sp³-hybridized carbons (Fsp3) is 0.200. The van der Waals surface area contributed by atoms with Gasteiger partial charge in [-0.15, -0.1) is 0 Å². The van der Waals surface area contributed by atoms with Crippen LogP contribution in [0.1, 0.15) is 24.1 Å². The Labute approximate surface area is 133 Å². The van der Waals surface area contributed by atoms with Gasteiger partial charge < -0.3 is 5.32 Å². The van der Waals surface area contributed by atoms with E-state index in [4.69, 9.17) is 5.14 Å². The number of hydrogen-bond acceptors (Lipinski definition) is 3. The quantitative estimate of drug-likeness (QED) is 0.849. The molecule has 0 bridgehead atoms. The van der Waals surface area contributed by atoms with Gasteiger partial charge in [0.05, 0.1) is 5.75 Å². The first kappa shape index (κ1) is 16.0. The Kier molecular flexibility index (Phi) is 5.03. The van der Waals surface area contributed by atoms with Crippen LogP contribution < -0.4 is 10.5 Å². The van der Waals surface area contributed by atoms with Gasteiger partial charge in [-0.25, -0.2) is 13.6 Å². The van der Waals surface area contributed by atoms with Gasteiger partial charge in [0.25, 0.3) is 0 Å². The van der Waals surface area contributed by atoms with E-state index in [1.807, 2.05) is 24.3 Å². The highest BCUT2D eigenvalue weighted by molar-refractivity contribution is 9.10. The predicted octanol–water partition coefficient (Wildman–Crippen LogP) is 3.41. The molecular weight excluding hydrogens is 352 g/mol.